The number of hydrogen-bond acceptors (Lipinski definition) is 5. The molecule has 1 aliphatic heterocycles. The number of nitrogens with one attached hydrogen (secondary N) is 1. The molecule has 0 radical (unpaired) electrons. The molecule has 0 bridgehead atoms. The molecule has 128 valence electrons. The van der Waals surface area contributed by atoms with E-state index in [0.717, 1.165) is 50.6 Å². The second kappa shape index (κ2) is 7.73. The second-order valence-electron chi connectivity index (χ2n) is 6.56. The SMILES string of the molecule is CCc1cnc(CNC(=O)CC2(N3CCOCC3)CCCC2)s1. The molecule has 1 aliphatic carbocycles. The zero-order valence-electron chi connectivity index (χ0n) is 14.0. The number of amides is 1. The quantitative estimate of drug-likeness (QED) is 0.866. The van der Waals surface area contributed by atoms with Gasteiger partial charge in [-0.2, -0.15) is 0 Å². The maximum Gasteiger partial charge on any atom is 0.222 e. The zero-order valence-corrected chi connectivity index (χ0v) is 14.8. The van der Waals surface area contributed by atoms with Crippen LogP contribution in [-0.4, -0.2) is 47.6 Å². The molecule has 5 nitrogen and oxygen atoms in total. The van der Waals surface area contributed by atoms with Gasteiger partial charge in [0.05, 0.1) is 19.8 Å². The van der Waals surface area contributed by atoms with Gasteiger partial charge in [0.1, 0.15) is 5.01 Å². The van der Waals surface area contributed by atoms with E-state index >= 15 is 0 Å². The van der Waals surface area contributed by atoms with Gasteiger partial charge in [-0.25, -0.2) is 4.98 Å². The Morgan fingerprint density at radius 3 is 2.78 bits per heavy atom. The van der Waals surface area contributed by atoms with Gasteiger partial charge < -0.3 is 10.1 Å². The summed E-state index contributed by atoms with van der Waals surface area (Å²) in [4.78, 5) is 20.7. The van der Waals surface area contributed by atoms with Crippen LogP contribution in [0, 0.1) is 0 Å². The molecule has 1 saturated heterocycles. The van der Waals surface area contributed by atoms with E-state index in [1.54, 1.807) is 11.3 Å². The van der Waals surface area contributed by atoms with E-state index in [9.17, 15) is 4.79 Å². The molecule has 0 atom stereocenters. The molecule has 1 aromatic heterocycles. The standard InChI is InChI=1S/C17H27N3O2S/c1-2-14-12-19-16(23-14)13-18-15(21)11-17(5-3-4-6-17)20-7-9-22-10-8-20/h12H,2-11,13H2,1H3,(H,18,21). The molecule has 2 fully saturated rings. The van der Waals surface area contributed by atoms with Gasteiger partial charge in [0.15, 0.2) is 0 Å². The summed E-state index contributed by atoms with van der Waals surface area (Å²) in [5, 5.41) is 4.08. The van der Waals surface area contributed by atoms with Crippen LogP contribution in [0.25, 0.3) is 0 Å². The highest BCUT2D eigenvalue weighted by molar-refractivity contribution is 7.11. The van der Waals surface area contributed by atoms with Crippen LogP contribution in [0.3, 0.4) is 0 Å². The second-order valence-corrected chi connectivity index (χ2v) is 7.76. The fourth-order valence-corrected chi connectivity index (χ4v) is 4.61. The number of nitrogens with zero attached hydrogens (tertiary/aromatic N) is 2. The maximum absolute atomic E-state index is 12.5. The van der Waals surface area contributed by atoms with Crippen molar-refractivity contribution in [3.05, 3.63) is 16.1 Å². The van der Waals surface area contributed by atoms with Crippen LogP contribution in [0.15, 0.2) is 6.20 Å². The first-order valence-corrected chi connectivity index (χ1v) is 9.56. The maximum atomic E-state index is 12.5. The molecule has 1 saturated carbocycles. The van der Waals surface area contributed by atoms with Crippen molar-refractivity contribution in [3.63, 3.8) is 0 Å². The first-order valence-electron chi connectivity index (χ1n) is 8.75. The number of rotatable bonds is 6. The minimum atomic E-state index is 0.0608. The van der Waals surface area contributed by atoms with Crippen LogP contribution in [0.5, 0.6) is 0 Å². The summed E-state index contributed by atoms with van der Waals surface area (Å²) in [6, 6.07) is 0. The lowest BCUT2D eigenvalue weighted by Crippen LogP contribution is -2.53. The summed E-state index contributed by atoms with van der Waals surface area (Å²) < 4.78 is 5.48. The summed E-state index contributed by atoms with van der Waals surface area (Å²) in [5.41, 5.74) is 0.0608. The third-order valence-corrected chi connectivity index (χ3v) is 6.23. The topological polar surface area (TPSA) is 54.5 Å². The summed E-state index contributed by atoms with van der Waals surface area (Å²) in [7, 11) is 0. The number of morpholine rings is 1. The molecular formula is C17H27N3O2S. The van der Waals surface area contributed by atoms with Crippen molar-refractivity contribution in [2.45, 2.75) is 57.5 Å². The number of ether oxygens (including phenoxy) is 1. The number of carbonyl (C=O) groups is 1. The number of aromatic nitrogens is 1. The lowest BCUT2D eigenvalue weighted by molar-refractivity contribution is -0.125. The lowest BCUT2D eigenvalue weighted by Gasteiger charge is -2.43. The number of carbonyl (C=O) groups excluding carboxylic acids is 1. The third-order valence-electron chi connectivity index (χ3n) is 5.09. The number of thiazole rings is 1. The van der Waals surface area contributed by atoms with E-state index in [-0.39, 0.29) is 11.4 Å². The Balaban J connectivity index is 1.55. The van der Waals surface area contributed by atoms with Crippen molar-refractivity contribution < 1.29 is 9.53 Å². The zero-order chi connectivity index (χ0) is 16.1. The predicted octanol–water partition coefficient (Wildman–Crippen LogP) is 2.36. The minimum Gasteiger partial charge on any atom is -0.379 e. The van der Waals surface area contributed by atoms with Gasteiger partial charge in [-0.05, 0) is 19.3 Å². The van der Waals surface area contributed by atoms with Crippen molar-refractivity contribution in [1.82, 2.24) is 15.2 Å². The molecule has 1 N–H and O–H groups in total. The van der Waals surface area contributed by atoms with Crippen molar-refractivity contribution in [2.75, 3.05) is 26.3 Å². The molecule has 1 aromatic rings. The van der Waals surface area contributed by atoms with E-state index < -0.39 is 0 Å². The highest BCUT2D eigenvalue weighted by atomic mass is 32.1. The summed E-state index contributed by atoms with van der Waals surface area (Å²) in [5.74, 6) is 0.159. The van der Waals surface area contributed by atoms with E-state index in [2.05, 4.69) is 22.1 Å². The lowest BCUT2D eigenvalue weighted by atomic mass is 9.90. The van der Waals surface area contributed by atoms with Crippen molar-refractivity contribution in [3.8, 4) is 0 Å². The molecule has 0 aromatic carbocycles. The summed E-state index contributed by atoms with van der Waals surface area (Å²) in [6.45, 7) is 6.19. The molecular weight excluding hydrogens is 310 g/mol. The average molecular weight is 337 g/mol. The molecule has 0 spiro atoms. The Labute approximate surface area is 142 Å². The van der Waals surface area contributed by atoms with Crippen molar-refractivity contribution in [2.24, 2.45) is 0 Å². The Hall–Kier alpha value is -0.980. The van der Waals surface area contributed by atoms with Gasteiger partial charge in [-0.1, -0.05) is 19.8 Å². The van der Waals surface area contributed by atoms with E-state index in [0.29, 0.717) is 13.0 Å². The van der Waals surface area contributed by atoms with Gasteiger partial charge in [0, 0.05) is 36.1 Å². The fourth-order valence-electron chi connectivity index (χ4n) is 3.80. The van der Waals surface area contributed by atoms with Gasteiger partial charge in [-0.3, -0.25) is 9.69 Å². The van der Waals surface area contributed by atoms with Crippen LogP contribution in [0.2, 0.25) is 0 Å². The number of aryl methyl sites for hydroxylation is 1. The van der Waals surface area contributed by atoms with Gasteiger partial charge in [-0.15, -0.1) is 11.3 Å². The molecule has 2 heterocycles. The first-order chi connectivity index (χ1) is 11.2. The molecule has 23 heavy (non-hydrogen) atoms. The Morgan fingerprint density at radius 1 is 1.39 bits per heavy atom. The summed E-state index contributed by atoms with van der Waals surface area (Å²) in [6.07, 6.45) is 8.27. The molecule has 0 unspecified atom stereocenters. The van der Waals surface area contributed by atoms with Crippen LogP contribution in [0.4, 0.5) is 0 Å². The van der Waals surface area contributed by atoms with Crippen LogP contribution in [-0.2, 0) is 22.5 Å². The van der Waals surface area contributed by atoms with Gasteiger partial charge in [0.25, 0.3) is 0 Å². The van der Waals surface area contributed by atoms with Crippen LogP contribution >= 0.6 is 11.3 Å². The van der Waals surface area contributed by atoms with E-state index in [4.69, 9.17) is 4.74 Å². The molecule has 6 heteroatoms. The Bertz CT molecular complexity index is 520. The Morgan fingerprint density at radius 2 is 2.13 bits per heavy atom. The normalized spacial score (nSPS) is 21.4. The average Bonchev–Trinajstić information content (AvgIpc) is 3.23. The van der Waals surface area contributed by atoms with Gasteiger partial charge >= 0.3 is 0 Å². The first kappa shape index (κ1) is 16.9. The highest BCUT2D eigenvalue weighted by Crippen LogP contribution is 2.38. The molecule has 1 amide bonds. The van der Waals surface area contributed by atoms with Crippen molar-refractivity contribution in [1.29, 1.82) is 0 Å². The summed E-state index contributed by atoms with van der Waals surface area (Å²) >= 11 is 1.69. The predicted molar refractivity (Wildman–Crippen MR) is 91.5 cm³/mol. The fraction of sp³-hybridized carbons (Fsp3) is 0.765. The minimum absolute atomic E-state index is 0.0608. The largest absolute Gasteiger partial charge is 0.379 e. The van der Waals surface area contributed by atoms with Crippen LogP contribution < -0.4 is 5.32 Å². The third kappa shape index (κ3) is 4.11. The monoisotopic (exact) mass is 337 g/mol. The smallest absolute Gasteiger partial charge is 0.222 e. The van der Waals surface area contributed by atoms with Crippen LogP contribution in [0.1, 0.15) is 48.9 Å². The number of hydrogen-bond donors (Lipinski definition) is 1. The van der Waals surface area contributed by atoms with E-state index in [1.807, 2.05) is 6.20 Å². The van der Waals surface area contributed by atoms with Gasteiger partial charge in [0.2, 0.25) is 5.91 Å². The van der Waals surface area contributed by atoms with E-state index in [1.165, 1.54) is 17.7 Å². The molecule has 3 rings (SSSR count). The van der Waals surface area contributed by atoms with Crippen molar-refractivity contribution >= 4 is 17.2 Å². The Kier molecular flexibility index (Phi) is 5.67. The highest BCUT2D eigenvalue weighted by Gasteiger charge is 2.41. The molecule has 2 aliphatic rings.